The van der Waals surface area contributed by atoms with Gasteiger partial charge in [0.05, 0.1) is 13.0 Å². The molecular formula is C18H30ClN3O2. The molecule has 1 saturated heterocycles. The fourth-order valence-corrected chi connectivity index (χ4v) is 2.83. The molecule has 0 spiro atoms. The van der Waals surface area contributed by atoms with E-state index in [1.165, 1.54) is 11.1 Å². The Morgan fingerprint density at radius 1 is 1.21 bits per heavy atom. The summed E-state index contributed by atoms with van der Waals surface area (Å²) in [6.07, 6.45) is 1.41. The summed E-state index contributed by atoms with van der Waals surface area (Å²) in [4.78, 5) is 14.2. The number of benzene rings is 1. The van der Waals surface area contributed by atoms with Crippen LogP contribution >= 0.6 is 12.4 Å². The SMILES string of the molecule is Cc1cc(C)cc(OCCC(=O)NCCCN2CCNCC2)c1.Cl. The lowest BCUT2D eigenvalue weighted by Crippen LogP contribution is -2.44. The van der Waals surface area contributed by atoms with Gasteiger partial charge in [-0.3, -0.25) is 4.79 Å². The van der Waals surface area contributed by atoms with Crippen molar-refractivity contribution in [3.63, 3.8) is 0 Å². The Kier molecular flexibility index (Phi) is 9.76. The van der Waals surface area contributed by atoms with E-state index in [0.717, 1.165) is 51.4 Å². The summed E-state index contributed by atoms with van der Waals surface area (Å²) < 4.78 is 5.66. The van der Waals surface area contributed by atoms with E-state index >= 15 is 0 Å². The first-order valence-electron chi connectivity index (χ1n) is 8.54. The molecule has 24 heavy (non-hydrogen) atoms. The molecule has 0 radical (unpaired) electrons. The smallest absolute Gasteiger partial charge is 0.223 e. The van der Waals surface area contributed by atoms with Crippen LogP contribution in [0.1, 0.15) is 24.0 Å². The molecule has 1 amide bonds. The van der Waals surface area contributed by atoms with E-state index in [1.54, 1.807) is 0 Å². The highest BCUT2D eigenvalue weighted by molar-refractivity contribution is 5.85. The summed E-state index contributed by atoms with van der Waals surface area (Å²) in [7, 11) is 0. The average Bonchev–Trinajstić information content (AvgIpc) is 2.52. The molecule has 6 heteroatoms. The second-order valence-electron chi connectivity index (χ2n) is 6.22. The van der Waals surface area contributed by atoms with Crippen LogP contribution in [0.25, 0.3) is 0 Å². The van der Waals surface area contributed by atoms with Gasteiger partial charge in [-0.05, 0) is 50.1 Å². The van der Waals surface area contributed by atoms with E-state index in [1.807, 2.05) is 26.0 Å². The van der Waals surface area contributed by atoms with Gasteiger partial charge in [-0.2, -0.15) is 0 Å². The third kappa shape index (κ3) is 7.99. The normalized spacial score (nSPS) is 14.8. The summed E-state index contributed by atoms with van der Waals surface area (Å²) in [5, 5.41) is 6.31. The van der Waals surface area contributed by atoms with Crippen LogP contribution < -0.4 is 15.4 Å². The minimum Gasteiger partial charge on any atom is -0.493 e. The van der Waals surface area contributed by atoms with Gasteiger partial charge in [-0.15, -0.1) is 12.4 Å². The third-order valence-electron chi connectivity index (χ3n) is 3.98. The molecular weight excluding hydrogens is 326 g/mol. The van der Waals surface area contributed by atoms with Crippen molar-refractivity contribution < 1.29 is 9.53 Å². The van der Waals surface area contributed by atoms with E-state index in [2.05, 4.69) is 21.6 Å². The molecule has 1 aromatic carbocycles. The number of nitrogens with zero attached hydrogens (tertiary/aromatic N) is 1. The number of halogens is 1. The Bertz CT molecular complexity index is 485. The van der Waals surface area contributed by atoms with Crippen molar-refractivity contribution in [1.82, 2.24) is 15.5 Å². The molecule has 2 rings (SSSR count). The summed E-state index contributed by atoms with van der Waals surface area (Å²) >= 11 is 0. The Morgan fingerprint density at radius 2 is 1.88 bits per heavy atom. The van der Waals surface area contributed by atoms with Crippen molar-refractivity contribution in [3.8, 4) is 5.75 Å². The lowest BCUT2D eigenvalue weighted by molar-refractivity contribution is -0.121. The highest BCUT2D eigenvalue weighted by Crippen LogP contribution is 2.16. The maximum absolute atomic E-state index is 11.8. The minimum atomic E-state index is 0. The number of aryl methyl sites for hydroxylation is 2. The summed E-state index contributed by atoms with van der Waals surface area (Å²) in [5.74, 6) is 0.906. The van der Waals surface area contributed by atoms with Gasteiger partial charge in [0, 0.05) is 32.7 Å². The molecule has 0 unspecified atom stereocenters. The Hall–Kier alpha value is -1.30. The number of piperazine rings is 1. The molecule has 0 atom stereocenters. The van der Waals surface area contributed by atoms with E-state index in [-0.39, 0.29) is 18.3 Å². The zero-order chi connectivity index (χ0) is 16.5. The zero-order valence-corrected chi connectivity index (χ0v) is 15.6. The quantitative estimate of drug-likeness (QED) is 0.699. The zero-order valence-electron chi connectivity index (χ0n) is 14.8. The van der Waals surface area contributed by atoms with Gasteiger partial charge in [0.1, 0.15) is 5.75 Å². The molecule has 1 fully saturated rings. The fourth-order valence-electron chi connectivity index (χ4n) is 2.83. The van der Waals surface area contributed by atoms with Crippen molar-refractivity contribution >= 4 is 18.3 Å². The number of nitrogens with one attached hydrogen (secondary N) is 2. The van der Waals surface area contributed by atoms with Crippen LogP contribution in [0.2, 0.25) is 0 Å². The van der Waals surface area contributed by atoms with Gasteiger partial charge in [-0.25, -0.2) is 0 Å². The summed E-state index contributed by atoms with van der Waals surface area (Å²) in [6.45, 7) is 10.7. The van der Waals surface area contributed by atoms with Crippen LogP contribution in [0.5, 0.6) is 5.75 Å². The van der Waals surface area contributed by atoms with Crippen molar-refractivity contribution in [3.05, 3.63) is 29.3 Å². The molecule has 5 nitrogen and oxygen atoms in total. The summed E-state index contributed by atoms with van der Waals surface area (Å²) in [5.41, 5.74) is 2.36. The highest BCUT2D eigenvalue weighted by atomic mass is 35.5. The molecule has 0 saturated carbocycles. The molecule has 136 valence electrons. The van der Waals surface area contributed by atoms with Gasteiger partial charge in [0.2, 0.25) is 5.91 Å². The molecule has 0 aliphatic carbocycles. The standard InChI is InChI=1S/C18H29N3O2.ClH/c1-15-12-16(2)14-17(13-15)23-11-4-18(22)20-5-3-8-21-9-6-19-7-10-21;/h12-14,19H,3-11H2,1-2H3,(H,20,22);1H. The lowest BCUT2D eigenvalue weighted by atomic mass is 10.1. The van der Waals surface area contributed by atoms with Gasteiger partial charge in [-0.1, -0.05) is 6.07 Å². The van der Waals surface area contributed by atoms with Crippen LogP contribution in [-0.4, -0.2) is 56.7 Å². The molecule has 1 aliphatic rings. The second-order valence-corrected chi connectivity index (χ2v) is 6.22. The van der Waals surface area contributed by atoms with Gasteiger partial charge in [0.25, 0.3) is 0 Å². The Balaban J connectivity index is 0.00000288. The molecule has 0 bridgehead atoms. The first kappa shape index (κ1) is 20.7. The predicted octanol–water partition coefficient (Wildman–Crippen LogP) is 1.91. The number of carbonyl (C=O) groups is 1. The Morgan fingerprint density at radius 3 is 2.54 bits per heavy atom. The predicted molar refractivity (Wildman–Crippen MR) is 100 cm³/mol. The van der Waals surface area contributed by atoms with Crippen LogP contribution in [0.3, 0.4) is 0 Å². The Labute approximate surface area is 151 Å². The average molecular weight is 356 g/mol. The topological polar surface area (TPSA) is 53.6 Å². The largest absolute Gasteiger partial charge is 0.493 e. The number of hydrogen-bond donors (Lipinski definition) is 2. The monoisotopic (exact) mass is 355 g/mol. The van der Waals surface area contributed by atoms with Gasteiger partial charge < -0.3 is 20.3 Å². The third-order valence-corrected chi connectivity index (χ3v) is 3.98. The van der Waals surface area contributed by atoms with Crippen LogP contribution in [0, 0.1) is 13.8 Å². The van der Waals surface area contributed by atoms with Gasteiger partial charge >= 0.3 is 0 Å². The highest BCUT2D eigenvalue weighted by Gasteiger charge is 2.08. The number of ether oxygens (including phenoxy) is 1. The second kappa shape index (κ2) is 11.3. The molecule has 0 aromatic heterocycles. The molecule has 1 heterocycles. The summed E-state index contributed by atoms with van der Waals surface area (Å²) in [6, 6.07) is 6.11. The van der Waals surface area contributed by atoms with Crippen LogP contribution in [0.4, 0.5) is 0 Å². The van der Waals surface area contributed by atoms with Crippen LogP contribution in [-0.2, 0) is 4.79 Å². The minimum absolute atomic E-state index is 0. The molecule has 2 N–H and O–H groups in total. The van der Waals surface area contributed by atoms with Gasteiger partial charge in [0.15, 0.2) is 0 Å². The number of amides is 1. The maximum atomic E-state index is 11.8. The van der Waals surface area contributed by atoms with E-state index in [9.17, 15) is 4.79 Å². The lowest BCUT2D eigenvalue weighted by Gasteiger charge is -2.27. The first-order valence-corrected chi connectivity index (χ1v) is 8.54. The number of hydrogen-bond acceptors (Lipinski definition) is 4. The number of carbonyl (C=O) groups excluding carboxylic acids is 1. The number of rotatable bonds is 8. The first-order chi connectivity index (χ1) is 11.1. The van der Waals surface area contributed by atoms with Crippen molar-refractivity contribution in [2.45, 2.75) is 26.7 Å². The fraction of sp³-hybridized carbons (Fsp3) is 0.611. The molecule has 1 aromatic rings. The van der Waals surface area contributed by atoms with Crippen molar-refractivity contribution in [1.29, 1.82) is 0 Å². The van der Waals surface area contributed by atoms with Crippen molar-refractivity contribution in [2.75, 3.05) is 45.9 Å². The van der Waals surface area contributed by atoms with Crippen LogP contribution in [0.15, 0.2) is 18.2 Å². The maximum Gasteiger partial charge on any atom is 0.223 e. The van der Waals surface area contributed by atoms with E-state index in [4.69, 9.17) is 4.74 Å². The van der Waals surface area contributed by atoms with E-state index < -0.39 is 0 Å². The van der Waals surface area contributed by atoms with E-state index in [0.29, 0.717) is 13.0 Å². The van der Waals surface area contributed by atoms with Crippen molar-refractivity contribution in [2.24, 2.45) is 0 Å². The molecule has 1 aliphatic heterocycles.